The van der Waals surface area contributed by atoms with E-state index in [0.29, 0.717) is 19.8 Å². The van der Waals surface area contributed by atoms with E-state index in [0.717, 1.165) is 41.8 Å². The van der Waals surface area contributed by atoms with Gasteiger partial charge in [0.15, 0.2) is 5.84 Å². The number of amides is 1. The monoisotopic (exact) mass is 449 g/mol. The van der Waals surface area contributed by atoms with Gasteiger partial charge in [-0.2, -0.15) is 5.10 Å². The minimum Gasteiger partial charge on any atom is -0.453 e. The Hall–Kier alpha value is -3.63. The summed E-state index contributed by atoms with van der Waals surface area (Å²) < 4.78 is 12.1. The summed E-state index contributed by atoms with van der Waals surface area (Å²) in [6, 6.07) is 12.0. The summed E-state index contributed by atoms with van der Waals surface area (Å²) in [6.07, 6.45) is 5.58. The fourth-order valence-corrected chi connectivity index (χ4v) is 4.15. The number of carbonyl (C=O) groups excluding carboxylic acids is 1. The Bertz CT molecular complexity index is 1100. The molecule has 33 heavy (non-hydrogen) atoms. The summed E-state index contributed by atoms with van der Waals surface area (Å²) >= 11 is 0. The lowest BCUT2D eigenvalue weighted by atomic mass is 10.2. The van der Waals surface area contributed by atoms with Crippen LogP contribution in [0.4, 0.5) is 4.79 Å². The van der Waals surface area contributed by atoms with E-state index >= 15 is 0 Å². The topological polar surface area (TPSA) is 87.5 Å². The van der Waals surface area contributed by atoms with Crippen LogP contribution in [0, 0.1) is 0 Å². The van der Waals surface area contributed by atoms with Gasteiger partial charge in [0, 0.05) is 44.5 Å². The fraction of sp³-hybridized carbons (Fsp3) is 0.348. The van der Waals surface area contributed by atoms with Crippen molar-refractivity contribution in [3.05, 3.63) is 66.4 Å². The molecule has 0 saturated carbocycles. The van der Waals surface area contributed by atoms with Gasteiger partial charge in [-0.05, 0) is 12.1 Å². The molecule has 10 heteroatoms. The highest BCUT2D eigenvalue weighted by atomic mass is 16.5. The number of alkyl carbamates (subject to hydrolysis) is 1. The Balaban J connectivity index is 1.47. The lowest BCUT2D eigenvalue weighted by Gasteiger charge is -2.41. The molecule has 4 heterocycles. The highest BCUT2D eigenvalue weighted by Gasteiger charge is 2.37. The van der Waals surface area contributed by atoms with Crippen molar-refractivity contribution in [1.29, 1.82) is 0 Å². The van der Waals surface area contributed by atoms with E-state index in [1.807, 2.05) is 55.7 Å². The SMILES string of the molecule is COC(=O)NCC1C=C2N=C(n3ccc(-c4ccccc4)n3)C=C(N3CCOCC3)N2N1C. The van der Waals surface area contributed by atoms with Crippen molar-refractivity contribution in [1.82, 2.24) is 30.0 Å². The van der Waals surface area contributed by atoms with Crippen molar-refractivity contribution in [3.8, 4) is 11.3 Å². The second-order valence-electron chi connectivity index (χ2n) is 7.93. The third-order valence-corrected chi connectivity index (χ3v) is 5.93. The van der Waals surface area contributed by atoms with E-state index in [-0.39, 0.29) is 6.04 Å². The number of benzene rings is 1. The van der Waals surface area contributed by atoms with Crippen LogP contribution < -0.4 is 5.32 Å². The normalized spacial score (nSPS) is 20.7. The number of hydrogen-bond acceptors (Lipinski definition) is 8. The minimum atomic E-state index is -0.454. The molecule has 0 bridgehead atoms. The fourth-order valence-electron chi connectivity index (χ4n) is 4.15. The van der Waals surface area contributed by atoms with Crippen LogP contribution in [0.2, 0.25) is 0 Å². The van der Waals surface area contributed by atoms with Gasteiger partial charge >= 0.3 is 6.09 Å². The number of aromatic nitrogens is 2. The van der Waals surface area contributed by atoms with Gasteiger partial charge in [-0.15, -0.1) is 0 Å². The molecule has 1 amide bonds. The first kappa shape index (κ1) is 21.2. The zero-order valence-electron chi connectivity index (χ0n) is 18.7. The van der Waals surface area contributed by atoms with Crippen LogP contribution in [0.3, 0.4) is 0 Å². The molecule has 1 atom stereocenters. The number of fused-ring (bicyclic) bond motifs is 1. The van der Waals surface area contributed by atoms with Crippen LogP contribution in [-0.2, 0) is 9.47 Å². The zero-order chi connectivity index (χ0) is 22.8. The summed E-state index contributed by atoms with van der Waals surface area (Å²) in [6.45, 7) is 3.33. The number of allylic oxidation sites excluding steroid dienone is 1. The van der Waals surface area contributed by atoms with Gasteiger partial charge in [0.25, 0.3) is 0 Å². The zero-order valence-corrected chi connectivity index (χ0v) is 18.7. The number of hydrogen-bond donors (Lipinski definition) is 1. The van der Waals surface area contributed by atoms with E-state index in [4.69, 9.17) is 19.6 Å². The van der Waals surface area contributed by atoms with Gasteiger partial charge in [-0.3, -0.25) is 0 Å². The molecule has 3 aliphatic heterocycles. The largest absolute Gasteiger partial charge is 0.453 e. The average Bonchev–Trinajstić information content (AvgIpc) is 3.48. The maximum Gasteiger partial charge on any atom is 0.406 e. The third-order valence-electron chi connectivity index (χ3n) is 5.93. The number of morpholine rings is 1. The van der Waals surface area contributed by atoms with Gasteiger partial charge in [0.05, 0.1) is 32.1 Å². The number of likely N-dealkylation sites (N-methyl/N-ethyl adjacent to an activating group) is 1. The van der Waals surface area contributed by atoms with Gasteiger partial charge in [0.2, 0.25) is 0 Å². The number of carbonyl (C=O) groups is 1. The molecule has 1 aromatic carbocycles. The molecule has 172 valence electrons. The Kier molecular flexibility index (Phi) is 5.84. The molecule has 0 radical (unpaired) electrons. The Morgan fingerprint density at radius 2 is 2.00 bits per heavy atom. The number of rotatable bonds is 4. The number of nitrogens with one attached hydrogen (secondary N) is 1. The number of nitrogens with zero attached hydrogens (tertiary/aromatic N) is 6. The summed E-state index contributed by atoms with van der Waals surface area (Å²) in [5.74, 6) is 2.54. The first-order valence-corrected chi connectivity index (χ1v) is 10.9. The van der Waals surface area contributed by atoms with Crippen LogP contribution >= 0.6 is 0 Å². The smallest absolute Gasteiger partial charge is 0.406 e. The third kappa shape index (κ3) is 4.22. The second kappa shape index (κ2) is 9.08. The van der Waals surface area contributed by atoms with Crippen LogP contribution in [0.5, 0.6) is 0 Å². The van der Waals surface area contributed by atoms with Gasteiger partial charge in [-0.1, -0.05) is 30.3 Å². The van der Waals surface area contributed by atoms with Crippen molar-refractivity contribution in [2.75, 3.05) is 47.0 Å². The first-order valence-electron chi connectivity index (χ1n) is 10.9. The standard InChI is InChI=1S/C23H27N7O3/c1-27-18(16-24-23(31)32-2)14-21-25-20(15-22(30(21)27)28-10-12-33-13-11-28)29-9-8-19(26-29)17-6-4-3-5-7-17/h3-9,14-15,18H,10-13,16H2,1-2H3,(H,24,31). The molecule has 0 spiro atoms. The quantitative estimate of drug-likeness (QED) is 0.760. The predicted octanol–water partition coefficient (Wildman–Crippen LogP) is 1.71. The summed E-state index contributed by atoms with van der Waals surface area (Å²) in [7, 11) is 3.35. The minimum absolute atomic E-state index is 0.0656. The van der Waals surface area contributed by atoms with Crippen molar-refractivity contribution < 1.29 is 14.3 Å². The molecule has 1 saturated heterocycles. The Morgan fingerprint density at radius 3 is 2.76 bits per heavy atom. The van der Waals surface area contributed by atoms with Gasteiger partial charge in [-0.25, -0.2) is 24.5 Å². The summed E-state index contributed by atoms with van der Waals surface area (Å²) in [4.78, 5) is 18.8. The molecule has 2 aromatic rings. The molecule has 0 aliphatic carbocycles. The first-order chi connectivity index (χ1) is 16.1. The number of aliphatic imine (C=N–C) groups is 1. The molecule has 1 N–H and O–H groups in total. The van der Waals surface area contributed by atoms with Crippen LogP contribution in [0.1, 0.15) is 0 Å². The summed E-state index contributed by atoms with van der Waals surface area (Å²) in [5.41, 5.74) is 1.94. The van der Waals surface area contributed by atoms with E-state index in [2.05, 4.69) is 26.3 Å². The summed E-state index contributed by atoms with van der Waals surface area (Å²) in [5, 5.41) is 11.7. The number of ether oxygens (including phenoxy) is 2. The maximum atomic E-state index is 11.6. The van der Waals surface area contributed by atoms with Crippen LogP contribution in [-0.4, -0.2) is 89.7 Å². The second-order valence-corrected chi connectivity index (χ2v) is 7.93. The number of hydrazine groups is 1. The van der Waals surface area contributed by atoms with Crippen molar-refractivity contribution in [2.24, 2.45) is 4.99 Å². The van der Waals surface area contributed by atoms with Crippen LogP contribution in [0.25, 0.3) is 11.3 Å². The van der Waals surface area contributed by atoms with Crippen molar-refractivity contribution >= 4 is 11.9 Å². The molecular formula is C23H27N7O3. The average molecular weight is 450 g/mol. The molecular weight excluding hydrogens is 422 g/mol. The van der Waals surface area contributed by atoms with E-state index in [9.17, 15) is 4.79 Å². The van der Waals surface area contributed by atoms with Crippen molar-refractivity contribution in [2.45, 2.75) is 6.04 Å². The molecule has 1 fully saturated rings. The molecule has 1 unspecified atom stereocenters. The maximum absolute atomic E-state index is 11.6. The van der Waals surface area contributed by atoms with E-state index < -0.39 is 6.09 Å². The molecule has 3 aliphatic rings. The van der Waals surface area contributed by atoms with Gasteiger partial charge in [0.1, 0.15) is 11.6 Å². The predicted molar refractivity (Wildman–Crippen MR) is 123 cm³/mol. The molecule has 1 aromatic heterocycles. The lowest BCUT2D eigenvalue weighted by molar-refractivity contribution is -0.00483. The lowest BCUT2D eigenvalue weighted by Crippen LogP contribution is -2.50. The number of methoxy groups -OCH3 is 1. The molecule has 5 rings (SSSR count). The van der Waals surface area contributed by atoms with Gasteiger partial charge < -0.3 is 19.7 Å². The highest BCUT2D eigenvalue weighted by Crippen LogP contribution is 2.32. The van der Waals surface area contributed by atoms with E-state index in [1.165, 1.54) is 7.11 Å². The Labute approximate surface area is 192 Å². The molecule has 10 nitrogen and oxygen atoms in total. The van der Waals surface area contributed by atoms with E-state index in [1.54, 1.807) is 4.68 Å². The Morgan fingerprint density at radius 1 is 1.21 bits per heavy atom. The van der Waals surface area contributed by atoms with Crippen LogP contribution in [0.15, 0.2) is 71.4 Å². The highest BCUT2D eigenvalue weighted by molar-refractivity contribution is 5.96. The van der Waals surface area contributed by atoms with Crippen molar-refractivity contribution in [3.63, 3.8) is 0 Å².